The van der Waals surface area contributed by atoms with Gasteiger partial charge in [-0.3, -0.25) is 4.74 Å². The quantitative estimate of drug-likeness (QED) is 0.545. The lowest BCUT2D eigenvalue weighted by Gasteiger charge is -2.29. The van der Waals surface area contributed by atoms with Crippen LogP contribution in [0.25, 0.3) is 0 Å². The van der Waals surface area contributed by atoms with Crippen molar-refractivity contribution in [3.8, 4) is 0 Å². The van der Waals surface area contributed by atoms with Crippen LogP contribution in [0.1, 0.15) is 0 Å². The van der Waals surface area contributed by atoms with Crippen LogP contribution in [-0.4, -0.2) is 21.6 Å². The average Bonchev–Trinajstić information content (AvgIpc) is 1.77. The Labute approximate surface area is 96.6 Å². The van der Waals surface area contributed by atoms with Gasteiger partial charge >= 0.3 is 21.6 Å². The number of ether oxygens (including phenoxy) is 1. The van der Waals surface area contributed by atoms with E-state index < -0.39 is 21.6 Å². The van der Waals surface area contributed by atoms with Crippen LogP contribution in [0.15, 0.2) is 0 Å². The fourth-order valence-electron chi connectivity index (χ4n) is 0.277. The van der Waals surface area contributed by atoms with Gasteiger partial charge in [0.2, 0.25) is 0 Å². The van der Waals surface area contributed by atoms with Gasteiger partial charge in [-0.15, -0.1) is 0 Å². The zero-order chi connectivity index (χ0) is 12.7. The second kappa shape index (κ2) is 4.08. The van der Waals surface area contributed by atoms with E-state index >= 15 is 0 Å². The van der Waals surface area contributed by atoms with Crippen molar-refractivity contribution in [3.05, 3.63) is 0 Å². The second-order valence-electron chi connectivity index (χ2n) is 2.13. The summed E-state index contributed by atoms with van der Waals surface area (Å²) >= 11 is 9.12. The molecule has 0 aliphatic rings. The molecule has 1 nitrogen and oxygen atoms in total. The Morgan fingerprint density at radius 1 is 0.867 bits per heavy atom. The molecule has 15 heavy (non-hydrogen) atoms. The van der Waals surface area contributed by atoms with E-state index in [1.54, 1.807) is 0 Å². The molecule has 0 aliphatic heterocycles. The maximum atomic E-state index is 12.5. The van der Waals surface area contributed by atoms with Gasteiger partial charge in [-0.25, -0.2) is 0 Å². The van der Waals surface area contributed by atoms with Crippen molar-refractivity contribution in [2.75, 3.05) is 0 Å². The average molecular weight is 348 g/mol. The largest absolute Gasteiger partial charge is 0.433 e. The Morgan fingerprint density at radius 3 is 1.40 bits per heavy atom. The normalized spacial score (nSPS) is 18.8. The summed E-state index contributed by atoms with van der Waals surface area (Å²) in [7, 11) is 0. The molecule has 1 unspecified atom stereocenters. The first-order valence-electron chi connectivity index (χ1n) is 2.80. The SMILES string of the molecule is FC(F)(Cl)C(F)(Cl)OC(F)(F)C(F)(F)Br. The molecule has 0 amide bonds. The van der Waals surface area contributed by atoms with Gasteiger partial charge in [0.05, 0.1) is 0 Å². The van der Waals surface area contributed by atoms with E-state index in [-0.39, 0.29) is 0 Å². The van der Waals surface area contributed by atoms with Crippen LogP contribution in [0.5, 0.6) is 0 Å². The van der Waals surface area contributed by atoms with Crippen molar-refractivity contribution >= 4 is 39.1 Å². The fourth-order valence-corrected chi connectivity index (χ4v) is 0.493. The zero-order valence-electron chi connectivity index (χ0n) is 6.19. The third kappa shape index (κ3) is 3.79. The Bertz CT molecular complexity index is 210. The molecule has 0 aromatic heterocycles. The number of rotatable bonds is 4. The number of hydrogen-bond acceptors (Lipinski definition) is 1. The van der Waals surface area contributed by atoms with Crippen LogP contribution in [0.4, 0.5) is 30.7 Å². The summed E-state index contributed by atoms with van der Waals surface area (Å²) in [6.45, 7) is 0. The van der Waals surface area contributed by atoms with Crippen molar-refractivity contribution in [1.82, 2.24) is 0 Å². The number of hydrogen-bond donors (Lipinski definition) is 0. The zero-order valence-corrected chi connectivity index (χ0v) is 9.29. The first kappa shape index (κ1) is 15.5. The van der Waals surface area contributed by atoms with Gasteiger partial charge in [-0.05, 0) is 23.2 Å². The molecule has 0 radical (unpaired) electrons. The minimum Gasteiger partial charge on any atom is -0.258 e. The molecule has 0 aliphatic carbocycles. The number of halogens is 10. The molecule has 0 aromatic rings. The van der Waals surface area contributed by atoms with E-state index in [4.69, 9.17) is 0 Å². The van der Waals surface area contributed by atoms with E-state index in [0.717, 1.165) is 15.9 Å². The molecule has 0 heterocycles. The van der Waals surface area contributed by atoms with E-state index in [2.05, 4.69) is 27.9 Å². The first-order valence-corrected chi connectivity index (χ1v) is 4.35. The number of alkyl halides is 10. The lowest BCUT2D eigenvalue weighted by Crippen LogP contribution is -2.48. The second-order valence-corrected chi connectivity index (χ2v) is 4.09. The van der Waals surface area contributed by atoms with Gasteiger partial charge in [0, 0.05) is 15.9 Å². The van der Waals surface area contributed by atoms with Crippen LogP contribution >= 0.6 is 39.1 Å². The molecule has 1 atom stereocenters. The highest BCUT2D eigenvalue weighted by Gasteiger charge is 2.66. The predicted octanol–water partition coefficient (Wildman–Crippen LogP) is 4.28. The summed E-state index contributed by atoms with van der Waals surface area (Å²) in [4.78, 5) is -5.09. The van der Waals surface area contributed by atoms with Gasteiger partial charge in [-0.2, -0.15) is 30.7 Å². The summed E-state index contributed by atoms with van der Waals surface area (Å²) in [6, 6.07) is 0. The van der Waals surface area contributed by atoms with Crippen LogP contribution in [0.2, 0.25) is 0 Å². The Kier molecular flexibility index (Phi) is 4.23. The summed E-state index contributed by atoms with van der Waals surface area (Å²) in [5.41, 5.74) is 0. The lowest BCUT2D eigenvalue weighted by molar-refractivity contribution is -0.378. The van der Waals surface area contributed by atoms with Crippen LogP contribution < -0.4 is 0 Å². The lowest BCUT2D eigenvalue weighted by atomic mass is 10.6. The highest BCUT2D eigenvalue weighted by Crippen LogP contribution is 2.49. The van der Waals surface area contributed by atoms with E-state index in [0.29, 0.717) is 0 Å². The molecule has 0 fully saturated rings. The topological polar surface area (TPSA) is 9.23 Å². The van der Waals surface area contributed by atoms with Crippen molar-refractivity contribution < 1.29 is 35.5 Å². The van der Waals surface area contributed by atoms with Crippen molar-refractivity contribution in [3.63, 3.8) is 0 Å². The molecule has 0 rings (SSSR count). The van der Waals surface area contributed by atoms with Gasteiger partial charge in [-0.1, -0.05) is 0 Å². The van der Waals surface area contributed by atoms with Gasteiger partial charge in [0.1, 0.15) is 0 Å². The molecule has 0 aromatic carbocycles. The maximum Gasteiger partial charge on any atom is 0.433 e. The van der Waals surface area contributed by atoms with Crippen molar-refractivity contribution in [2.24, 2.45) is 0 Å². The molecule has 0 N–H and O–H groups in total. The van der Waals surface area contributed by atoms with Crippen molar-refractivity contribution in [1.29, 1.82) is 0 Å². The highest BCUT2D eigenvalue weighted by molar-refractivity contribution is 9.10. The van der Waals surface area contributed by atoms with E-state index in [1.807, 2.05) is 0 Å². The first-order chi connectivity index (χ1) is 6.21. The summed E-state index contributed by atoms with van der Waals surface area (Å²) in [6.07, 6.45) is -5.61. The van der Waals surface area contributed by atoms with Gasteiger partial charge < -0.3 is 0 Å². The minimum absolute atomic E-state index is 1.10. The molecule has 0 spiro atoms. The molecule has 11 heteroatoms. The minimum atomic E-state index is -5.61. The highest BCUT2D eigenvalue weighted by atomic mass is 79.9. The summed E-state index contributed by atoms with van der Waals surface area (Å²) in [5, 5.41) is -10.1. The monoisotopic (exact) mass is 346 g/mol. The molecule has 92 valence electrons. The molecule has 0 bridgehead atoms. The van der Waals surface area contributed by atoms with Crippen molar-refractivity contribution in [2.45, 2.75) is 21.6 Å². The Balaban J connectivity index is 4.89. The van der Waals surface area contributed by atoms with Crippen LogP contribution in [-0.2, 0) is 4.74 Å². The Hall–Kier alpha value is 0.530. The van der Waals surface area contributed by atoms with Gasteiger partial charge in [0.15, 0.2) is 0 Å². The third-order valence-electron chi connectivity index (χ3n) is 0.916. The smallest absolute Gasteiger partial charge is 0.258 e. The summed E-state index contributed by atoms with van der Waals surface area (Å²) < 4.78 is 87.1. The predicted molar refractivity (Wildman–Crippen MR) is 40.4 cm³/mol. The maximum absolute atomic E-state index is 12.5. The molecular formula is C4BrCl2F7O. The molecule has 0 saturated heterocycles. The molecular weight excluding hydrogens is 348 g/mol. The molecule has 0 saturated carbocycles. The third-order valence-corrected chi connectivity index (χ3v) is 2.03. The van der Waals surface area contributed by atoms with Crippen LogP contribution in [0.3, 0.4) is 0 Å². The van der Waals surface area contributed by atoms with Crippen LogP contribution in [0, 0.1) is 0 Å². The van der Waals surface area contributed by atoms with Gasteiger partial charge in [0.25, 0.3) is 0 Å². The fraction of sp³-hybridized carbons (Fsp3) is 1.00. The van der Waals surface area contributed by atoms with E-state index in [9.17, 15) is 30.7 Å². The van der Waals surface area contributed by atoms with E-state index in [1.165, 1.54) is 0 Å². The Morgan fingerprint density at radius 2 is 1.20 bits per heavy atom. The standard InChI is InChI=1S/C4BrCl2F7O/c5-1(8,9)4(13,14)15-3(7,12)2(6,10)11. The summed E-state index contributed by atoms with van der Waals surface area (Å²) in [5.74, 6) is 0.